The SMILES string of the molecule is CN=C(NCC(C)(C)N1CCc2ccccc2C1)N(C)Cc1csc(C(C)OC)n1.I. The Balaban J connectivity index is 0.00000341. The predicted octanol–water partition coefficient (Wildman–Crippen LogP) is 4.31. The third kappa shape index (κ3) is 6.63. The number of aromatic nitrogens is 1. The summed E-state index contributed by atoms with van der Waals surface area (Å²) in [5.74, 6) is 0.884. The van der Waals surface area contributed by atoms with Crippen molar-refractivity contribution in [1.82, 2.24) is 20.1 Å². The van der Waals surface area contributed by atoms with E-state index in [1.807, 2.05) is 14.0 Å². The van der Waals surface area contributed by atoms with Crippen molar-refractivity contribution in [2.24, 2.45) is 4.99 Å². The minimum absolute atomic E-state index is 0. The summed E-state index contributed by atoms with van der Waals surface area (Å²) in [6, 6.07) is 8.79. The van der Waals surface area contributed by atoms with E-state index >= 15 is 0 Å². The molecule has 0 spiro atoms. The second-order valence-corrected chi connectivity index (χ2v) is 9.45. The number of nitrogens with zero attached hydrogens (tertiary/aromatic N) is 4. The van der Waals surface area contributed by atoms with Crippen LogP contribution in [0.4, 0.5) is 0 Å². The van der Waals surface area contributed by atoms with Gasteiger partial charge in [-0.2, -0.15) is 0 Å². The Morgan fingerprint density at radius 2 is 2.06 bits per heavy atom. The number of guanidine groups is 1. The number of aliphatic imine (C=N–C) groups is 1. The van der Waals surface area contributed by atoms with Crippen molar-refractivity contribution in [3.05, 3.63) is 51.5 Å². The molecule has 3 rings (SSSR count). The number of fused-ring (bicyclic) bond motifs is 1. The largest absolute Gasteiger partial charge is 0.375 e. The van der Waals surface area contributed by atoms with Crippen LogP contribution in [0.2, 0.25) is 0 Å². The Bertz CT molecular complexity index is 869. The van der Waals surface area contributed by atoms with Gasteiger partial charge in [0.1, 0.15) is 11.1 Å². The molecule has 0 fully saturated rings. The van der Waals surface area contributed by atoms with Crippen LogP contribution in [-0.4, -0.2) is 60.6 Å². The zero-order valence-corrected chi connectivity index (χ0v) is 22.7. The standard InChI is InChI=1S/C23H35N5OS.HI/c1-17(29-6)21-26-20(15-30-21)14-27(5)22(24-4)25-16-23(2,3)28-12-11-18-9-7-8-10-19(18)13-28;/h7-10,15,17H,11-14,16H2,1-6H3,(H,24,25);1H. The third-order valence-corrected chi connectivity index (χ3v) is 6.96. The second kappa shape index (κ2) is 11.6. The molecule has 0 bridgehead atoms. The fourth-order valence-corrected chi connectivity index (χ4v) is 4.65. The van der Waals surface area contributed by atoms with Gasteiger partial charge in [-0.05, 0) is 38.3 Å². The summed E-state index contributed by atoms with van der Waals surface area (Å²) in [6.07, 6.45) is 1.14. The molecule has 1 aromatic carbocycles. The lowest BCUT2D eigenvalue weighted by Gasteiger charge is -2.42. The van der Waals surface area contributed by atoms with Crippen LogP contribution in [0, 0.1) is 0 Å². The predicted molar refractivity (Wildman–Crippen MR) is 140 cm³/mol. The van der Waals surface area contributed by atoms with Gasteiger partial charge in [0.05, 0.1) is 12.2 Å². The highest BCUT2D eigenvalue weighted by molar-refractivity contribution is 14.0. The topological polar surface area (TPSA) is 53.0 Å². The van der Waals surface area contributed by atoms with Crippen LogP contribution >= 0.6 is 35.3 Å². The van der Waals surface area contributed by atoms with Gasteiger partial charge in [0.15, 0.2) is 5.96 Å². The highest BCUT2D eigenvalue weighted by Gasteiger charge is 2.30. The van der Waals surface area contributed by atoms with Crippen molar-refractivity contribution in [3.8, 4) is 0 Å². The Kier molecular flexibility index (Phi) is 9.72. The van der Waals surface area contributed by atoms with Crippen LogP contribution in [-0.2, 0) is 24.2 Å². The van der Waals surface area contributed by atoms with E-state index in [0.29, 0.717) is 6.54 Å². The van der Waals surface area contributed by atoms with E-state index in [1.165, 1.54) is 11.1 Å². The maximum Gasteiger partial charge on any atom is 0.193 e. The van der Waals surface area contributed by atoms with Crippen molar-refractivity contribution >= 4 is 41.3 Å². The molecule has 1 aliphatic heterocycles. The first-order valence-electron chi connectivity index (χ1n) is 10.5. The maximum atomic E-state index is 5.37. The first kappa shape index (κ1) is 26.0. The second-order valence-electron chi connectivity index (χ2n) is 8.56. The van der Waals surface area contributed by atoms with Crippen molar-refractivity contribution in [3.63, 3.8) is 0 Å². The maximum absolute atomic E-state index is 5.37. The van der Waals surface area contributed by atoms with E-state index < -0.39 is 0 Å². The summed E-state index contributed by atoms with van der Waals surface area (Å²) in [5, 5.41) is 6.69. The molecule has 31 heavy (non-hydrogen) atoms. The molecule has 2 aromatic rings. The molecule has 0 radical (unpaired) electrons. The summed E-state index contributed by atoms with van der Waals surface area (Å²) in [4.78, 5) is 13.9. The summed E-state index contributed by atoms with van der Waals surface area (Å²) < 4.78 is 5.37. The third-order valence-electron chi connectivity index (χ3n) is 5.91. The van der Waals surface area contributed by atoms with E-state index in [0.717, 1.165) is 42.7 Å². The summed E-state index contributed by atoms with van der Waals surface area (Å²) in [6.45, 7) is 10.3. The molecular weight excluding hydrogens is 521 g/mol. The number of benzene rings is 1. The summed E-state index contributed by atoms with van der Waals surface area (Å²) in [5.41, 5.74) is 3.99. The number of ether oxygens (including phenoxy) is 1. The normalized spacial score (nSPS) is 15.7. The fraction of sp³-hybridized carbons (Fsp3) is 0.565. The molecule has 172 valence electrons. The summed E-state index contributed by atoms with van der Waals surface area (Å²) in [7, 11) is 5.60. The van der Waals surface area contributed by atoms with Gasteiger partial charge in [0.25, 0.3) is 0 Å². The highest BCUT2D eigenvalue weighted by atomic mass is 127. The molecule has 2 heterocycles. The molecule has 1 aromatic heterocycles. The fourth-order valence-electron chi connectivity index (χ4n) is 3.80. The van der Waals surface area contributed by atoms with E-state index in [4.69, 9.17) is 9.72 Å². The molecule has 8 heteroatoms. The van der Waals surface area contributed by atoms with Crippen LogP contribution in [0.15, 0.2) is 34.6 Å². The van der Waals surface area contributed by atoms with Gasteiger partial charge in [-0.1, -0.05) is 24.3 Å². The van der Waals surface area contributed by atoms with E-state index in [1.54, 1.807) is 18.4 Å². The molecule has 1 atom stereocenters. The Hall–Kier alpha value is -1.23. The molecule has 1 unspecified atom stereocenters. The quantitative estimate of drug-likeness (QED) is 0.313. The van der Waals surface area contributed by atoms with Crippen LogP contribution in [0.1, 0.15) is 48.7 Å². The van der Waals surface area contributed by atoms with Crippen LogP contribution in [0.25, 0.3) is 0 Å². The Morgan fingerprint density at radius 1 is 1.35 bits per heavy atom. The van der Waals surface area contributed by atoms with Crippen LogP contribution < -0.4 is 5.32 Å². The van der Waals surface area contributed by atoms with Crippen molar-refractivity contribution in [1.29, 1.82) is 0 Å². The number of rotatable bonds is 7. The molecule has 1 aliphatic rings. The average Bonchev–Trinajstić information content (AvgIpc) is 3.21. The molecular formula is C23H36IN5OS. The number of methoxy groups -OCH3 is 1. The zero-order valence-electron chi connectivity index (χ0n) is 19.5. The van der Waals surface area contributed by atoms with Crippen molar-refractivity contribution < 1.29 is 4.74 Å². The number of hydrogen-bond acceptors (Lipinski definition) is 5. The molecule has 6 nitrogen and oxygen atoms in total. The Morgan fingerprint density at radius 3 is 2.74 bits per heavy atom. The summed E-state index contributed by atoms with van der Waals surface area (Å²) >= 11 is 1.64. The Labute approximate surface area is 208 Å². The smallest absolute Gasteiger partial charge is 0.193 e. The van der Waals surface area contributed by atoms with Gasteiger partial charge >= 0.3 is 0 Å². The van der Waals surface area contributed by atoms with Crippen LogP contribution in [0.3, 0.4) is 0 Å². The lowest BCUT2D eigenvalue weighted by Crippen LogP contribution is -2.54. The average molecular weight is 558 g/mol. The van der Waals surface area contributed by atoms with Crippen molar-refractivity contribution in [2.75, 3.05) is 34.3 Å². The van der Waals surface area contributed by atoms with Crippen molar-refractivity contribution in [2.45, 2.75) is 51.9 Å². The first-order chi connectivity index (χ1) is 14.3. The molecule has 0 saturated carbocycles. The van der Waals surface area contributed by atoms with Gasteiger partial charge in [-0.3, -0.25) is 9.89 Å². The van der Waals surface area contributed by atoms with Gasteiger partial charge in [-0.15, -0.1) is 35.3 Å². The number of hydrogen-bond donors (Lipinski definition) is 1. The zero-order chi connectivity index (χ0) is 21.7. The monoisotopic (exact) mass is 557 g/mol. The number of halogens is 1. The van der Waals surface area contributed by atoms with E-state index in [9.17, 15) is 0 Å². The van der Waals surface area contributed by atoms with E-state index in [2.05, 4.69) is 70.6 Å². The van der Waals surface area contributed by atoms with E-state index in [-0.39, 0.29) is 35.6 Å². The van der Waals surface area contributed by atoms with Gasteiger partial charge in [0.2, 0.25) is 0 Å². The minimum Gasteiger partial charge on any atom is -0.375 e. The molecule has 0 aliphatic carbocycles. The first-order valence-corrected chi connectivity index (χ1v) is 11.4. The van der Waals surface area contributed by atoms with Crippen LogP contribution in [0.5, 0.6) is 0 Å². The molecule has 0 saturated heterocycles. The minimum atomic E-state index is 0. The lowest BCUT2D eigenvalue weighted by atomic mass is 9.94. The molecule has 1 N–H and O–H groups in total. The van der Waals surface area contributed by atoms with Gasteiger partial charge in [0, 0.05) is 51.8 Å². The number of nitrogens with one attached hydrogen (secondary N) is 1. The lowest BCUT2D eigenvalue weighted by molar-refractivity contribution is 0.106. The number of thiazole rings is 1. The van der Waals surface area contributed by atoms with Gasteiger partial charge in [-0.25, -0.2) is 4.98 Å². The highest BCUT2D eigenvalue weighted by Crippen LogP contribution is 2.25. The van der Waals surface area contributed by atoms with Gasteiger partial charge < -0.3 is 15.0 Å². The molecule has 0 amide bonds.